The molecule has 0 radical (unpaired) electrons. The molecule has 0 saturated heterocycles. The number of thiophene rings is 1. The summed E-state index contributed by atoms with van der Waals surface area (Å²) in [5, 5.41) is 2.71. The second-order valence-corrected chi connectivity index (χ2v) is 11.5. The molecule has 1 fully saturated rings. The summed E-state index contributed by atoms with van der Waals surface area (Å²) in [5.41, 5.74) is 3.50. The molecule has 2 heterocycles. The van der Waals surface area contributed by atoms with Crippen molar-refractivity contribution in [2.45, 2.75) is 62.3 Å². The topological polar surface area (TPSA) is 56.0 Å². The Hall–Kier alpha value is -3.03. The summed E-state index contributed by atoms with van der Waals surface area (Å²) < 4.78 is 7.00. The van der Waals surface area contributed by atoms with Crippen LogP contribution >= 0.6 is 23.3 Å². The highest BCUT2D eigenvalue weighted by atomic mass is 32.2. The SMILES string of the molecule is CC1CC=Cc2scc(SNC(=O)c3ccc4c(c3)c(=O)n(-c3ccccc3)n4C3CCCCC3)c21. The molecule has 2 aliphatic carbocycles. The summed E-state index contributed by atoms with van der Waals surface area (Å²) in [7, 11) is 0. The van der Waals surface area contributed by atoms with Crippen molar-refractivity contribution in [3.63, 3.8) is 0 Å². The fraction of sp³-hybridized carbons (Fsp3) is 0.310. The minimum absolute atomic E-state index is 0.0726. The van der Waals surface area contributed by atoms with Crippen molar-refractivity contribution in [1.82, 2.24) is 14.1 Å². The molecular weight excluding hydrogens is 486 g/mol. The number of carbonyl (C=O) groups excluding carboxylic acids is 1. The molecule has 1 amide bonds. The van der Waals surface area contributed by atoms with Crippen LogP contribution in [0.1, 0.15) is 78.2 Å². The number of hydrogen-bond acceptors (Lipinski definition) is 4. The van der Waals surface area contributed by atoms with E-state index < -0.39 is 0 Å². The highest BCUT2D eigenvalue weighted by Crippen LogP contribution is 2.40. The van der Waals surface area contributed by atoms with Gasteiger partial charge in [-0.2, -0.15) is 0 Å². The third kappa shape index (κ3) is 4.14. The fourth-order valence-electron chi connectivity index (χ4n) is 5.58. The summed E-state index contributed by atoms with van der Waals surface area (Å²) >= 11 is 3.09. The molecule has 1 N–H and O–H groups in total. The Labute approximate surface area is 218 Å². The zero-order valence-electron chi connectivity index (χ0n) is 20.3. The number of amides is 1. The third-order valence-electron chi connectivity index (χ3n) is 7.39. The van der Waals surface area contributed by atoms with Gasteiger partial charge in [-0.1, -0.05) is 50.5 Å². The summed E-state index contributed by atoms with van der Waals surface area (Å²) in [5.74, 6) is 0.264. The maximum absolute atomic E-state index is 13.7. The molecule has 0 spiro atoms. The lowest BCUT2D eigenvalue weighted by atomic mass is 9.94. The van der Waals surface area contributed by atoms with Crippen LogP contribution in [0.2, 0.25) is 0 Å². The van der Waals surface area contributed by atoms with Crippen molar-refractivity contribution in [3.05, 3.63) is 86.3 Å². The van der Waals surface area contributed by atoms with Crippen LogP contribution in [0.25, 0.3) is 22.7 Å². The van der Waals surface area contributed by atoms with Crippen LogP contribution in [0.4, 0.5) is 0 Å². The number of rotatable bonds is 5. The van der Waals surface area contributed by atoms with E-state index in [1.54, 1.807) is 17.4 Å². The summed E-state index contributed by atoms with van der Waals surface area (Å²) in [4.78, 5) is 29.2. The van der Waals surface area contributed by atoms with Gasteiger partial charge >= 0.3 is 0 Å². The van der Waals surface area contributed by atoms with Gasteiger partial charge in [-0.05, 0) is 79.1 Å². The van der Waals surface area contributed by atoms with Crippen LogP contribution in [0.15, 0.2) is 69.7 Å². The Bertz CT molecular complexity index is 1510. The van der Waals surface area contributed by atoms with Gasteiger partial charge in [0, 0.05) is 20.7 Å². The standard InChI is InChI=1S/C29H29N3O2S2/c1-19-9-8-14-25-27(19)26(18-35-25)36-30-28(33)20-15-16-24-23(17-20)29(34)32(22-12-6-3-7-13-22)31(24)21-10-4-2-5-11-21/h3,6-8,12-19,21H,2,4-5,9-11H2,1H3,(H,30,33). The molecule has 1 unspecified atom stereocenters. The van der Waals surface area contributed by atoms with Gasteiger partial charge in [0.2, 0.25) is 0 Å². The lowest BCUT2D eigenvalue weighted by Gasteiger charge is -2.26. The first kappa shape index (κ1) is 23.4. The van der Waals surface area contributed by atoms with Crippen molar-refractivity contribution < 1.29 is 4.79 Å². The zero-order valence-corrected chi connectivity index (χ0v) is 21.9. The zero-order chi connectivity index (χ0) is 24.6. The van der Waals surface area contributed by atoms with Crippen LogP contribution in [-0.2, 0) is 0 Å². The van der Waals surface area contributed by atoms with Gasteiger partial charge in [0.25, 0.3) is 11.5 Å². The van der Waals surface area contributed by atoms with Crippen LogP contribution in [-0.4, -0.2) is 15.3 Å². The van der Waals surface area contributed by atoms with Crippen LogP contribution < -0.4 is 10.3 Å². The number of aromatic nitrogens is 2. The van der Waals surface area contributed by atoms with E-state index in [4.69, 9.17) is 0 Å². The molecule has 2 aromatic carbocycles. The monoisotopic (exact) mass is 515 g/mol. The maximum atomic E-state index is 13.7. The fourth-order valence-corrected chi connectivity index (χ4v) is 7.70. The Morgan fingerprint density at radius 2 is 1.89 bits per heavy atom. The van der Waals surface area contributed by atoms with Gasteiger partial charge in [-0.15, -0.1) is 11.3 Å². The van der Waals surface area contributed by atoms with Gasteiger partial charge in [-0.25, -0.2) is 4.68 Å². The number of benzene rings is 2. The minimum atomic E-state index is -0.183. The molecule has 2 aliphatic rings. The smallest absolute Gasteiger partial charge is 0.279 e. The van der Waals surface area contributed by atoms with E-state index in [0.29, 0.717) is 16.9 Å². The van der Waals surface area contributed by atoms with Gasteiger partial charge in [0.05, 0.1) is 22.6 Å². The molecule has 0 aliphatic heterocycles. The molecular formula is C29H29N3O2S2. The number of nitrogens with zero attached hydrogens (tertiary/aromatic N) is 2. The second kappa shape index (κ2) is 9.79. The molecule has 1 atom stereocenters. The molecule has 4 aromatic rings. The van der Waals surface area contributed by atoms with Crippen LogP contribution in [0.3, 0.4) is 0 Å². The first-order valence-electron chi connectivity index (χ1n) is 12.7. The van der Waals surface area contributed by atoms with Crippen molar-refractivity contribution in [3.8, 4) is 5.69 Å². The van der Waals surface area contributed by atoms with E-state index in [1.165, 1.54) is 41.7 Å². The van der Waals surface area contributed by atoms with E-state index in [0.717, 1.165) is 35.4 Å². The molecule has 36 heavy (non-hydrogen) atoms. The Kier molecular flexibility index (Phi) is 6.36. The van der Waals surface area contributed by atoms with Gasteiger partial charge in [0.15, 0.2) is 0 Å². The first-order chi connectivity index (χ1) is 17.6. The molecule has 184 valence electrons. The molecule has 1 saturated carbocycles. The quantitative estimate of drug-likeness (QED) is 0.283. The lowest BCUT2D eigenvalue weighted by molar-refractivity contribution is 0.0984. The average molecular weight is 516 g/mol. The normalized spacial score (nSPS) is 17.9. The van der Waals surface area contributed by atoms with Gasteiger partial charge in [0.1, 0.15) is 0 Å². The molecule has 2 aromatic heterocycles. The molecule has 5 nitrogen and oxygen atoms in total. The number of nitrogens with one attached hydrogen (secondary N) is 1. The molecule has 6 rings (SSSR count). The van der Waals surface area contributed by atoms with E-state index >= 15 is 0 Å². The summed E-state index contributed by atoms with van der Waals surface area (Å²) in [6.45, 7) is 2.23. The first-order valence-corrected chi connectivity index (χ1v) is 14.4. The number of hydrogen-bond donors (Lipinski definition) is 1. The summed E-state index contributed by atoms with van der Waals surface area (Å²) in [6.07, 6.45) is 11.1. The lowest BCUT2D eigenvalue weighted by Crippen LogP contribution is -2.25. The van der Waals surface area contributed by atoms with Crippen LogP contribution in [0, 0.1) is 0 Å². The minimum Gasteiger partial charge on any atom is -0.292 e. The van der Waals surface area contributed by atoms with Crippen molar-refractivity contribution >= 4 is 46.2 Å². The van der Waals surface area contributed by atoms with Gasteiger partial charge < -0.3 is 0 Å². The number of carbonyl (C=O) groups is 1. The maximum Gasteiger partial charge on any atom is 0.279 e. The van der Waals surface area contributed by atoms with E-state index in [-0.39, 0.29) is 17.5 Å². The highest BCUT2D eigenvalue weighted by Gasteiger charge is 2.25. The summed E-state index contributed by atoms with van der Waals surface area (Å²) in [6, 6.07) is 15.7. The predicted molar refractivity (Wildman–Crippen MR) is 149 cm³/mol. The van der Waals surface area contributed by atoms with Crippen molar-refractivity contribution in [1.29, 1.82) is 0 Å². The Balaban J connectivity index is 1.34. The highest BCUT2D eigenvalue weighted by molar-refractivity contribution is 7.98. The largest absolute Gasteiger partial charge is 0.292 e. The third-order valence-corrected chi connectivity index (χ3v) is 9.35. The second-order valence-electron chi connectivity index (χ2n) is 9.77. The molecule has 0 bridgehead atoms. The van der Waals surface area contributed by atoms with Crippen molar-refractivity contribution in [2.24, 2.45) is 0 Å². The number of para-hydroxylation sites is 1. The Morgan fingerprint density at radius 3 is 2.69 bits per heavy atom. The van der Waals surface area contributed by atoms with E-state index in [2.05, 4.69) is 33.9 Å². The van der Waals surface area contributed by atoms with Crippen molar-refractivity contribution in [2.75, 3.05) is 0 Å². The molecule has 7 heteroatoms. The van der Waals surface area contributed by atoms with E-state index in [9.17, 15) is 9.59 Å². The Morgan fingerprint density at radius 1 is 1.08 bits per heavy atom. The predicted octanol–water partition coefficient (Wildman–Crippen LogP) is 7.32. The van der Waals surface area contributed by atoms with Crippen LogP contribution in [0.5, 0.6) is 0 Å². The van der Waals surface area contributed by atoms with Gasteiger partial charge in [-0.3, -0.25) is 19.0 Å². The average Bonchev–Trinajstić information content (AvgIpc) is 3.47. The van der Waals surface area contributed by atoms with E-state index in [1.807, 2.05) is 47.1 Å². The number of allylic oxidation sites excluding steroid dienone is 1. The number of fused-ring (bicyclic) bond motifs is 2.